The summed E-state index contributed by atoms with van der Waals surface area (Å²) in [5.74, 6) is -0.112. The molecule has 0 saturated carbocycles. The monoisotopic (exact) mass is 538 g/mol. The Bertz CT molecular complexity index is 1280. The number of aliphatic hydroxyl groups is 1. The summed E-state index contributed by atoms with van der Waals surface area (Å²) in [5.41, 5.74) is 0.635. The van der Waals surface area contributed by atoms with Crippen molar-refractivity contribution in [3.05, 3.63) is 41.6 Å². The highest BCUT2D eigenvalue weighted by atomic mass is 16.7. The lowest BCUT2D eigenvalue weighted by Gasteiger charge is -2.39. The third-order valence-corrected chi connectivity index (χ3v) is 8.09. The van der Waals surface area contributed by atoms with Gasteiger partial charge in [0.05, 0.1) is 53.1 Å². The van der Waals surface area contributed by atoms with Crippen LogP contribution < -0.4 is 15.7 Å². The van der Waals surface area contributed by atoms with Crippen LogP contribution in [0.5, 0.6) is 0 Å². The lowest BCUT2D eigenvalue weighted by molar-refractivity contribution is -0.0928. The second-order valence-electron chi connectivity index (χ2n) is 11.8. The Kier molecular flexibility index (Phi) is 6.65. The van der Waals surface area contributed by atoms with Gasteiger partial charge >= 0.3 is 13.2 Å². The van der Waals surface area contributed by atoms with Gasteiger partial charge in [0.1, 0.15) is 11.9 Å². The summed E-state index contributed by atoms with van der Waals surface area (Å²) in [6.07, 6.45) is 0.0797. The van der Waals surface area contributed by atoms with E-state index in [4.69, 9.17) is 14.0 Å². The Morgan fingerprint density at radius 1 is 1.15 bits per heavy atom. The zero-order valence-electron chi connectivity index (χ0n) is 23.1. The maximum Gasteiger partial charge on any atom is 0.495 e. The van der Waals surface area contributed by atoms with Crippen molar-refractivity contribution in [2.45, 2.75) is 71.0 Å². The van der Waals surface area contributed by atoms with Crippen molar-refractivity contribution in [3.63, 3.8) is 0 Å². The van der Waals surface area contributed by atoms with Gasteiger partial charge < -0.3 is 34.5 Å². The van der Waals surface area contributed by atoms with Crippen molar-refractivity contribution in [1.82, 2.24) is 9.88 Å². The first-order valence-corrected chi connectivity index (χ1v) is 13.1. The summed E-state index contributed by atoms with van der Waals surface area (Å²) in [7, 11) is -0.738. The number of imide groups is 1. The summed E-state index contributed by atoms with van der Waals surface area (Å²) in [5, 5.41) is 23.2. The number of carbonyl (C=O) groups excluding carboxylic acids is 1. The number of amides is 2. The van der Waals surface area contributed by atoms with E-state index in [1.54, 1.807) is 38.2 Å². The van der Waals surface area contributed by atoms with E-state index < -0.39 is 35.9 Å². The van der Waals surface area contributed by atoms with Crippen LogP contribution in [0.1, 0.15) is 57.5 Å². The van der Waals surface area contributed by atoms with Gasteiger partial charge in [0.15, 0.2) is 0 Å². The van der Waals surface area contributed by atoms with Crippen LogP contribution in [0.2, 0.25) is 0 Å². The molecule has 0 radical (unpaired) electrons. The summed E-state index contributed by atoms with van der Waals surface area (Å²) < 4.78 is 18.1. The molecule has 1 atom stereocenters. The van der Waals surface area contributed by atoms with Gasteiger partial charge in [0.25, 0.3) is 5.91 Å². The zero-order valence-corrected chi connectivity index (χ0v) is 23.1. The third kappa shape index (κ3) is 4.97. The average molecular weight is 538 g/mol. The number of rotatable bonds is 5. The SMILES string of the molecule is CC(C)(O)C1CN(c2ccc(Nc3ccc(B4OC(C)(C)C(C)(C)O4)c4c3C(=O)N(C(=O)O)C4)nc2)CCO1. The predicted octanol–water partition coefficient (Wildman–Crippen LogP) is 2.73. The second kappa shape index (κ2) is 9.48. The third-order valence-electron chi connectivity index (χ3n) is 8.09. The molecule has 2 fully saturated rings. The van der Waals surface area contributed by atoms with Gasteiger partial charge in [-0.05, 0) is 70.8 Å². The number of fused-ring (bicyclic) bond motifs is 1. The number of nitrogens with one attached hydrogen (secondary N) is 1. The predicted molar refractivity (Wildman–Crippen MR) is 146 cm³/mol. The number of nitrogens with zero attached hydrogens (tertiary/aromatic N) is 3. The Labute approximate surface area is 228 Å². The number of carbonyl (C=O) groups is 2. The molecular weight excluding hydrogens is 503 g/mol. The molecule has 1 aromatic carbocycles. The molecule has 1 unspecified atom stereocenters. The maximum atomic E-state index is 13.2. The Morgan fingerprint density at radius 2 is 1.85 bits per heavy atom. The lowest BCUT2D eigenvalue weighted by Crippen LogP contribution is -2.52. The standard InChI is InChI=1S/C27H35BN4O7/c1-25(2,36)20-15-31(11-12-37-20)16-7-10-21(29-13-16)30-19-9-8-18(28-38-26(3,4)27(5,6)39-28)17-14-32(24(34)35)23(33)22(17)19/h7-10,13,20,36H,11-12,14-15H2,1-6H3,(H,29,30)(H,34,35). The summed E-state index contributed by atoms with van der Waals surface area (Å²) in [4.78, 5) is 32.5. The van der Waals surface area contributed by atoms with Crippen LogP contribution in [-0.4, -0.2) is 81.8 Å². The number of ether oxygens (including phenoxy) is 1. The molecule has 39 heavy (non-hydrogen) atoms. The smallest absolute Gasteiger partial charge is 0.465 e. The van der Waals surface area contributed by atoms with E-state index in [1.165, 1.54) is 0 Å². The number of hydrogen-bond donors (Lipinski definition) is 3. The highest BCUT2D eigenvalue weighted by Crippen LogP contribution is 2.38. The molecule has 208 valence electrons. The number of hydrogen-bond acceptors (Lipinski definition) is 9. The molecule has 1 aromatic heterocycles. The second-order valence-corrected chi connectivity index (χ2v) is 11.8. The van der Waals surface area contributed by atoms with Gasteiger partial charge in [0, 0.05) is 13.1 Å². The first-order chi connectivity index (χ1) is 18.2. The molecule has 4 heterocycles. The molecule has 2 aromatic rings. The van der Waals surface area contributed by atoms with Crippen LogP contribution in [0, 0.1) is 0 Å². The molecular formula is C27H35BN4O7. The highest BCUT2D eigenvalue weighted by molar-refractivity contribution is 6.63. The topological polar surface area (TPSA) is 134 Å². The molecule has 2 amide bonds. The molecule has 0 aliphatic carbocycles. The van der Waals surface area contributed by atoms with Gasteiger partial charge in [-0.3, -0.25) is 4.79 Å². The molecule has 3 aliphatic rings. The minimum absolute atomic E-state index is 0.0931. The minimum atomic E-state index is -1.32. The molecule has 3 N–H and O–H groups in total. The largest absolute Gasteiger partial charge is 0.495 e. The van der Waals surface area contributed by atoms with Crippen molar-refractivity contribution < 1.29 is 33.8 Å². The summed E-state index contributed by atoms with van der Waals surface area (Å²) >= 11 is 0. The lowest BCUT2D eigenvalue weighted by atomic mass is 9.74. The first-order valence-electron chi connectivity index (χ1n) is 13.1. The Morgan fingerprint density at radius 3 is 2.44 bits per heavy atom. The molecule has 0 bridgehead atoms. The van der Waals surface area contributed by atoms with Gasteiger partial charge in [-0.1, -0.05) is 6.07 Å². The first kappa shape index (κ1) is 27.4. The van der Waals surface area contributed by atoms with E-state index >= 15 is 0 Å². The fourth-order valence-corrected chi connectivity index (χ4v) is 4.99. The van der Waals surface area contributed by atoms with E-state index in [1.807, 2.05) is 33.8 Å². The van der Waals surface area contributed by atoms with Gasteiger partial charge in [-0.25, -0.2) is 14.7 Å². The number of carboxylic acid groups (broad SMARTS) is 1. The van der Waals surface area contributed by atoms with Crippen molar-refractivity contribution in [1.29, 1.82) is 0 Å². The Hall–Kier alpha value is -3.19. The van der Waals surface area contributed by atoms with E-state index in [2.05, 4.69) is 15.2 Å². The fraction of sp³-hybridized carbons (Fsp3) is 0.519. The maximum absolute atomic E-state index is 13.2. The number of morpholine rings is 1. The van der Waals surface area contributed by atoms with Gasteiger partial charge in [0.2, 0.25) is 0 Å². The van der Waals surface area contributed by atoms with Crippen molar-refractivity contribution >= 4 is 41.8 Å². The van der Waals surface area contributed by atoms with Crippen molar-refractivity contribution in [2.24, 2.45) is 0 Å². The number of anilines is 3. The zero-order chi connectivity index (χ0) is 28.3. The minimum Gasteiger partial charge on any atom is -0.465 e. The van der Waals surface area contributed by atoms with Crippen LogP contribution in [-0.2, 0) is 20.6 Å². The van der Waals surface area contributed by atoms with Crippen LogP contribution in [0.15, 0.2) is 30.5 Å². The van der Waals surface area contributed by atoms with Crippen molar-refractivity contribution in [3.8, 4) is 0 Å². The van der Waals surface area contributed by atoms with E-state index in [-0.39, 0.29) is 18.2 Å². The fourth-order valence-electron chi connectivity index (χ4n) is 4.99. The quantitative estimate of drug-likeness (QED) is 0.488. The van der Waals surface area contributed by atoms with Crippen LogP contribution in [0.25, 0.3) is 0 Å². The number of pyridine rings is 1. The molecule has 2 saturated heterocycles. The van der Waals surface area contributed by atoms with Crippen molar-refractivity contribution in [2.75, 3.05) is 29.9 Å². The molecule has 3 aliphatic heterocycles. The van der Waals surface area contributed by atoms with Crippen LogP contribution in [0.4, 0.5) is 22.0 Å². The summed E-state index contributed by atoms with van der Waals surface area (Å²) in [6.45, 7) is 12.8. The van der Waals surface area contributed by atoms with E-state index in [9.17, 15) is 19.8 Å². The molecule has 11 nitrogen and oxygen atoms in total. The molecule has 5 rings (SSSR count). The number of benzene rings is 1. The van der Waals surface area contributed by atoms with Gasteiger partial charge in [-0.15, -0.1) is 0 Å². The van der Waals surface area contributed by atoms with Crippen LogP contribution in [0.3, 0.4) is 0 Å². The molecule has 0 spiro atoms. The Balaban J connectivity index is 1.41. The number of aromatic nitrogens is 1. The highest BCUT2D eigenvalue weighted by Gasteiger charge is 2.53. The normalized spacial score (nSPS) is 22.3. The molecule has 12 heteroatoms. The summed E-state index contributed by atoms with van der Waals surface area (Å²) in [6, 6.07) is 7.24. The van der Waals surface area contributed by atoms with E-state index in [0.717, 1.165) is 10.6 Å². The van der Waals surface area contributed by atoms with Crippen LogP contribution >= 0.6 is 0 Å². The van der Waals surface area contributed by atoms with Gasteiger partial charge in [-0.2, -0.15) is 0 Å². The van der Waals surface area contributed by atoms with E-state index in [0.29, 0.717) is 42.2 Å². The average Bonchev–Trinajstić information content (AvgIpc) is 3.32.